The Morgan fingerprint density at radius 2 is 1.88 bits per heavy atom. The molecule has 2 heteroatoms. The van der Waals surface area contributed by atoms with Gasteiger partial charge in [0.25, 0.3) is 0 Å². The molecule has 88 valence electrons. The summed E-state index contributed by atoms with van der Waals surface area (Å²) in [4.78, 5) is 4.83. The van der Waals surface area contributed by atoms with Gasteiger partial charge in [0, 0.05) is 5.92 Å². The smallest absolute Gasteiger partial charge is 0.0764 e. The SMILES string of the molecule is CCC(C)C(=Nc1c(C)cccc1C)SC. The molecule has 0 N–H and O–H groups in total. The molecule has 0 amide bonds. The van der Waals surface area contributed by atoms with Gasteiger partial charge in [-0.15, -0.1) is 11.8 Å². The van der Waals surface area contributed by atoms with Gasteiger partial charge in [0.15, 0.2) is 0 Å². The Morgan fingerprint density at radius 1 is 1.31 bits per heavy atom. The van der Waals surface area contributed by atoms with Crippen LogP contribution < -0.4 is 0 Å². The first-order valence-electron chi connectivity index (χ1n) is 5.78. The van der Waals surface area contributed by atoms with Crippen LogP contribution in [-0.4, -0.2) is 11.3 Å². The molecule has 1 atom stereocenters. The molecule has 0 saturated heterocycles. The Hall–Kier alpha value is -0.760. The van der Waals surface area contributed by atoms with Crippen molar-refractivity contribution in [3.8, 4) is 0 Å². The molecule has 1 aromatic rings. The van der Waals surface area contributed by atoms with Gasteiger partial charge in [0.2, 0.25) is 0 Å². The molecule has 0 aromatic heterocycles. The normalized spacial score (nSPS) is 13.9. The maximum Gasteiger partial charge on any atom is 0.0764 e. The maximum absolute atomic E-state index is 4.83. The van der Waals surface area contributed by atoms with Crippen molar-refractivity contribution >= 4 is 22.5 Å². The summed E-state index contributed by atoms with van der Waals surface area (Å²) in [6.45, 7) is 8.70. The minimum absolute atomic E-state index is 0.550. The number of benzene rings is 1. The molecule has 1 aromatic carbocycles. The van der Waals surface area contributed by atoms with Crippen LogP contribution in [0.5, 0.6) is 0 Å². The minimum atomic E-state index is 0.550. The highest BCUT2D eigenvalue weighted by molar-refractivity contribution is 8.13. The van der Waals surface area contributed by atoms with Crippen molar-refractivity contribution in [2.24, 2.45) is 10.9 Å². The van der Waals surface area contributed by atoms with Gasteiger partial charge in [-0.05, 0) is 37.7 Å². The van der Waals surface area contributed by atoms with Crippen LogP contribution in [-0.2, 0) is 0 Å². The molecule has 0 spiro atoms. The average Bonchev–Trinajstić information content (AvgIpc) is 2.28. The number of hydrogen-bond donors (Lipinski definition) is 0. The van der Waals surface area contributed by atoms with E-state index in [4.69, 9.17) is 4.99 Å². The molecule has 0 radical (unpaired) electrons. The van der Waals surface area contributed by atoms with E-state index in [0.29, 0.717) is 5.92 Å². The molecular weight excluding hydrogens is 214 g/mol. The highest BCUT2D eigenvalue weighted by Crippen LogP contribution is 2.26. The van der Waals surface area contributed by atoms with Crippen LogP contribution in [0, 0.1) is 19.8 Å². The third-order valence-corrected chi connectivity index (χ3v) is 3.82. The number of rotatable bonds is 3. The van der Waals surface area contributed by atoms with Crippen molar-refractivity contribution in [1.82, 2.24) is 0 Å². The molecule has 1 rings (SSSR count). The summed E-state index contributed by atoms with van der Waals surface area (Å²) in [7, 11) is 0. The predicted molar refractivity (Wildman–Crippen MR) is 76.0 cm³/mol. The number of nitrogens with zero attached hydrogens (tertiary/aromatic N) is 1. The van der Waals surface area contributed by atoms with Crippen molar-refractivity contribution in [3.63, 3.8) is 0 Å². The topological polar surface area (TPSA) is 12.4 Å². The van der Waals surface area contributed by atoms with Crippen molar-refractivity contribution in [2.45, 2.75) is 34.1 Å². The lowest BCUT2D eigenvalue weighted by Gasteiger charge is -2.12. The van der Waals surface area contributed by atoms with Gasteiger partial charge in [0.05, 0.1) is 10.7 Å². The molecule has 1 nitrogen and oxygen atoms in total. The molecule has 0 bridgehead atoms. The van der Waals surface area contributed by atoms with Gasteiger partial charge in [-0.3, -0.25) is 0 Å². The van der Waals surface area contributed by atoms with Gasteiger partial charge in [-0.25, -0.2) is 4.99 Å². The van der Waals surface area contributed by atoms with Gasteiger partial charge in [-0.1, -0.05) is 32.0 Å². The molecule has 0 fully saturated rings. The molecule has 0 aliphatic carbocycles. The largest absolute Gasteiger partial charge is 0.246 e. The Labute approximate surface area is 103 Å². The van der Waals surface area contributed by atoms with Crippen LogP contribution in [0.4, 0.5) is 5.69 Å². The lowest BCUT2D eigenvalue weighted by Crippen LogP contribution is -2.05. The van der Waals surface area contributed by atoms with Crippen LogP contribution >= 0.6 is 11.8 Å². The quantitative estimate of drug-likeness (QED) is 0.544. The number of hydrogen-bond acceptors (Lipinski definition) is 2. The second-order valence-corrected chi connectivity index (χ2v) is 5.03. The fraction of sp³-hybridized carbons (Fsp3) is 0.500. The average molecular weight is 235 g/mol. The van der Waals surface area contributed by atoms with E-state index in [0.717, 1.165) is 12.1 Å². The number of thioether (sulfide) groups is 1. The van der Waals surface area contributed by atoms with Crippen molar-refractivity contribution in [3.05, 3.63) is 29.3 Å². The molecule has 1 unspecified atom stereocenters. The summed E-state index contributed by atoms with van der Waals surface area (Å²) in [5.74, 6) is 0.550. The van der Waals surface area contributed by atoms with Crippen LogP contribution in [0.2, 0.25) is 0 Å². The standard InChI is InChI=1S/C14H21NS/c1-6-10(2)14(16-5)15-13-11(3)8-7-9-12(13)4/h7-10H,6H2,1-5H3. The highest BCUT2D eigenvalue weighted by Gasteiger charge is 2.09. The van der Waals surface area contributed by atoms with Crippen molar-refractivity contribution < 1.29 is 0 Å². The fourth-order valence-electron chi connectivity index (χ4n) is 1.62. The van der Waals surface area contributed by atoms with E-state index >= 15 is 0 Å². The van der Waals surface area contributed by atoms with E-state index in [2.05, 4.69) is 52.1 Å². The molecule has 0 saturated carbocycles. The first-order chi connectivity index (χ1) is 7.60. The highest BCUT2D eigenvalue weighted by atomic mass is 32.2. The van der Waals surface area contributed by atoms with E-state index in [1.54, 1.807) is 11.8 Å². The number of para-hydroxylation sites is 1. The first-order valence-corrected chi connectivity index (χ1v) is 7.01. The lowest BCUT2D eigenvalue weighted by atomic mass is 10.1. The van der Waals surface area contributed by atoms with E-state index in [1.165, 1.54) is 16.2 Å². The van der Waals surface area contributed by atoms with Gasteiger partial charge < -0.3 is 0 Å². The Bertz CT molecular complexity index is 362. The molecule has 0 aliphatic heterocycles. The van der Waals surface area contributed by atoms with E-state index in [1.807, 2.05) is 0 Å². The Morgan fingerprint density at radius 3 is 2.31 bits per heavy atom. The number of aliphatic imine (C=N–C) groups is 1. The summed E-state index contributed by atoms with van der Waals surface area (Å²) in [5.41, 5.74) is 3.66. The summed E-state index contributed by atoms with van der Waals surface area (Å²) in [6, 6.07) is 6.34. The monoisotopic (exact) mass is 235 g/mol. The summed E-state index contributed by atoms with van der Waals surface area (Å²) in [6.07, 6.45) is 3.25. The summed E-state index contributed by atoms with van der Waals surface area (Å²) < 4.78 is 0. The van der Waals surface area contributed by atoms with Gasteiger partial charge in [0.1, 0.15) is 0 Å². The maximum atomic E-state index is 4.83. The van der Waals surface area contributed by atoms with E-state index in [-0.39, 0.29) is 0 Å². The van der Waals surface area contributed by atoms with Crippen LogP contribution in [0.1, 0.15) is 31.4 Å². The van der Waals surface area contributed by atoms with Gasteiger partial charge >= 0.3 is 0 Å². The van der Waals surface area contributed by atoms with Crippen molar-refractivity contribution in [2.75, 3.05) is 6.26 Å². The first kappa shape index (κ1) is 13.3. The second kappa shape index (κ2) is 6.09. The minimum Gasteiger partial charge on any atom is -0.246 e. The zero-order valence-corrected chi connectivity index (χ0v) is 11.7. The number of aryl methyl sites for hydroxylation is 2. The lowest BCUT2D eigenvalue weighted by molar-refractivity contribution is 0.750. The van der Waals surface area contributed by atoms with Crippen molar-refractivity contribution in [1.29, 1.82) is 0 Å². The Kier molecular flexibility index (Phi) is 5.07. The third-order valence-electron chi connectivity index (χ3n) is 2.90. The van der Waals surface area contributed by atoms with Crippen LogP contribution in [0.15, 0.2) is 23.2 Å². The molecular formula is C14H21NS. The van der Waals surface area contributed by atoms with Gasteiger partial charge in [-0.2, -0.15) is 0 Å². The molecule has 0 aliphatic rings. The molecule has 16 heavy (non-hydrogen) atoms. The predicted octanol–water partition coefficient (Wildman–Crippen LogP) is 4.74. The Balaban J connectivity index is 3.13. The fourth-order valence-corrected chi connectivity index (χ4v) is 2.38. The second-order valence-electron chi connectivity index (χ2n) is 4.20. The van der Waals surface area contributed by atoms with Crippen LogP contribution in [0.3, 0.4) is 0 Å². The van der Waals surface area contributed by atoms with E-state index in [9.17, 15) is 0 Å². The zero-order valence-electron chi connectivity index (χ0n) is 10.9. The summed E-state index contributed by atoms with van der Waals surface area (Å²) in [5, 5.41) is 1.24. The third kappa shape index (κ3) is 3.11. The summed E-state index contributed by atoms with van der Waals surface area (Å²) >= 11 is 1.76. The molecule has 0 heterocycles. The van der Waals surface area contributed by atoms with E-state index < -0.39 is 0 Å². The zero-order chi connectivity index (χ0) is 12.1. The van der Waals surface area contributed by atoms with Crippen LogP contribution in [0.25, 0.3) is 0 Å².